The molecule has 30 heavy (non-hydrogen) atoms. The van der Waals surface area contributed by atoms with Gasteiger partial charge in [-0.2, -0.15) is 0 Å². The van der Waals surface area contributed by atoms with Gasteiger partial charge in [-0.15, -0.1) is 0 Å². The Hall–Kier alpha value is -3.16. The van der Waals surface area contributed by atoms with Crippen LogP contribution in [0.5, 0.6) is 0 Å². The molecule has 0 aromatic heterocycles. The summed E-state index contributed by atoms with van der Waals surface area (Å²) in [6.07, 6.45) is 1.70. The van der Waals surface area contributed by atoms with E-state index in [1.54, 1.807) is 17.1 Å². The molecule has 0 unspecified atom stereocenters. The average Bonchev–Trinajstić information content (AvgIpc) is 3.58. The van der Waals surface area contributed by atoms with E-state index in [1.807, 2.05) is 60.7 Å². The Morgan fingerprint density at radius 3 is 2.23 bits per heavy atom. The number of carbonyl (C=O) groups is 1. The predicted octanol–water partition coefficient (Wildman–Crippen LogP) is 3.48. The maximum absolute atomic E-state index is 13.0. The Kier molecular flexibility index (Phi) is 5.83. The number of rotatable bonds is 8. The molecule has 0 spiro atoms. The number of sulfonamides is 1. The van der Waals surface area contributed by atoms with Crippen molar-refractivity contribution in [3.8, 4) is 0 Å². The van der Waals surface area contributed by atoms with Crippen LogP contribution in [0.2, 0.25) is 0 Å². The van der Waals surface area contributed by atoms with E-state index in [4.69, 9.17) is 0 Å². The number of hydrogen-bond acceptors (Lipinski definition) is 4. The van der Waals surface area contributed by atoms with Gasteiger partial charge in [0.15, 0.2) is 0 Å². The van der Waals surface area contributed by atoms with E-state index in [9.17, 15) is 13.2 Å². The highest BCUT2D eigenvalue weighted by molar-refractivity contribution is 7.89. The molecule has 0 radical (unpaired) electrons. The highest BCUT2D eigenvalue weighted by Gasteiger charge is 2.28. The van der Waals surface area contributed by atoms with Crippen LogP contribution in [-0.2, 0) is 16.6 Å². The topological polar surface area (TPSA) is 78.5 Å². The van der Waals surface area contributed by atoms with E-state index in [-0.39, 0.29) is 22.4 Å². The lowest BCUT2D eigenvalue weighted by molar-refractivity contribution is 0.0948. The minimum Gasteiger partial charge on any atom is -0.281 e. The molecular weight excluding hydrogens is 398 g/mol. The number of nitrogens with one attached hydrogen (secondary N) is 2. The summed E-state index contributed by atoms with van der Waals surface area (Å²) in [5.41, 5.74) is 5.05. The summed E-state index contributed by atoms with van der Waals surface area (Å²) in [5, 5.41) is 1.75. The summed E-state index contributed by atoms with van der Waals surface area (Å²) >= 11 is 0. The molecule has 0 saturated heterocycles. The van der Waals surface area contributed by atoms with E-state index in [0.29, 0.717) is 6.54 Å². The summed E-state index contributed by atoms with van der Waals surface area (Å²) in [7, 11) is -3.63. The number of hydrazine groups is 1. The van der Waals surface area contributed by atoms with Crippen molar-refractivity contribution in [2.75, 3.05) is 5.01 Å². The summed E-state index contributed by atoms with van der Waals surface area (Å²) in [5.74, 6) is -0.377. The van der Waals surface area contributed by atoms with Crippen LogP contribution in [-0.4, -0.2) is 20.4 Å². The third kappa shape index (κ3) is 5.06. The van der Waals surface area contributed by atoms with Gasteiger partial charge in [0.05, 0.1) is 17.1 Å². The largest absolute Gasteiger partial charge is 0.281 e. The Labute approximate surface area is 176 Å². The average molecular weight is 422 g/mol. The highest BCUT2D eigenvalue weighted by Crippen LogP contribution is 2.22. The standard InChI is InChI=1S/C23H23N3O3S/c27-23(19-10-7-13-22(16-19)30(28,29)25-20-14-15-20)24-26(21-11-5-2-6-12-21)17-18-8-3-1-4-9-18/h1-13,16,20,25H,14-15,17H2,(H,24,27). The van der Waals surface area contributed by atoms with E-state index in [1.165, 1.54) is 12.1 Å². The lowest BCUT2D eigenvalue weighted by Gasteiger charge is -2.25. The van der Waals surface area contributed by atoms with Crippen LogP contribution in [0.25, 0.3) is 0 Å². The van der Waals surface area contributed by atoms with Crippen molar-refractivity contribution in [3.05, 3.63) is 96.1 Å². The smallest absolute Gasteiger partial charge is 0.269 e. The number of hydrogen-bond donors (Lipinski definition) is 2. The Morgan fingerprint density at radius 1 is 0.900 bits per heavy atom. The molecule has 0 atom stereocenters. The summed E-state index contributed by atoms with van der Waals surface area (Å²) < 4.78 is 27.6. The second-order valence-electron chi connectivity index (χ2n) is 7.27. The predicted molar refractivity (Wildman–Crippen MR) is 116 cm³/mol. The van der Waals surface area contributed by atoms with Gasteiger partial charge >= 0.3 is 0 Å². The van der Waals surface area contributed by atoms with E-state index < -0.39 is 10.0 Å². The lowest BCUT2D eigenvalue weighted by Crippen LogP contribution is -2.42. The van der Waals surface area contributed by atoms with Crippen molar-refractivity contribution in [3.63, 3.8) is 0 Å². The third-order valence-corrected chi connectivity index (χ3v) is 6.31. The van der Waals surface area contributed by atoms with Crippen molar-refractivity contribution in [2.24, 2.45) is 0 Å². The zero-order valence-corrected chi connectivity index (χ0v) is 17.2. The molecule has 0 heterocycles. The monoisotopic (exact) mass is 421 g/mol. The van der Waals surface area contributed by atoms with Gasteiger partial charge in [0.2, 0.25) is 10.0 Å². The number of carbonyl (C=O) groups excluding carboxylic acids is 1. The van der Waals surface area contributed by atoms with Gasteiger partial charge in [0.25, 0.3) is 5.91 Å². The molecule has 1 fully saturated rings. The Balaban J connectivity index is 1.56. The molecule has 3 aromatic carbocycles. The minimum atomic E-state index is -3.63. The van der Waals surface area contributed by atoms with Crippen LogP contribution in [0.4, 0.5) is 5.69 Å². The highest BCUT2D eigenvalue weighted by atomic mass is 32.2. The Bertz CT molecular complexity index is 1110. The van der Waals surface area contributed by atoms with Crippen LogP contribution >= 0.6 is 0 Å². The molecule has 6 nitrogen and oxygen atoms in total. The van der Waals surface area contributed by atoms with Gasteiger partial charge in [-0.05, 0) is 48.7 Å². The van der Waals surface area contributed by atoms with E-state index in [2.05, 4.69) is 10.1 Å². The van der Waals surface area contributed by atoms with Gasteiger partial charge in [-0.25, -0.2) is 13.1 Å². The number of para-hydroxylation sites is 1. The molecule has 1 aliphatic carbocycles. The maximum Gasteiger partial charge on any atom is 0.269 e. The number of anilines is 1. The molecule has 0 bridgehead atoms. The fourth-order valence-corrected chi connectivity index (χ4v) is 4.40. The molecule has 2 N–H and O–H groups in total. The molecule has 154 valence electrons. The molecule has 4 rings (SSSR count). The first-order valence-corrected chi connectivity index (χ1v) is 11.3. The molecule has 1 aliphatic rings. The first kappa shape index (κ1) is 20.1. The van der Waals surface area contributed by atoms with Gasteiger partial charge in [-0.3, -0.25) is 15.2 Å². The van der Waals surface area contributed by atoms with Crippen LogP contribution < -0.4 is 15.2 Å². The van der Waals surface area contributed by atoms with Crippen molar-refractivity contribution >= 4 is 21.6 Å². The molecular formula is C23H23N3O3S. The quantitative estimate of drug-likeness (QED) is 0.546. The van der Waals surface area contributed by atoms with Gasteiger partial charge in [0.1, 0.15) is 0 Å². The van der Waals surface area contributed by atoms with Gasteiger partial charge in [0, 0.05) is 11.6 Å². The van der Waals surface area contributed by atoms with Crippen LogP contribution in [0.1, 0.15) is 28.8 Å². The molecule has 0 aliphatic heterocycles. The maximum atomic E-state index is 13.0. The van der Waals surface area contributed by atoms with Gasteiger partial charge in [-0.1, -0.05) is 54.6 Å². The molecule has 1 amide bonds. The first-order chi connectivity index (χ1) is 14.5. The first-order valence-electron chi connectivity index (χ1n) is 9.81. The lowest BCUT2D eigenvalue weighted by atomic mass is 10.2. The fraction of sp³-hybridized carbons (Fsp3) is 0.174. The zero-order chi connectivity index (χ0) is 21.0. The fourth-order valence-electron chi connectivity index (χ4n) is 3.05. The second kappa shape index (κ2) is 8.69. The van der Waals surface area contributed by atoms with Crippen LogP contribution in [0, 0.1) is 0 Å². The van der Waals surface area contributed by atoms with E-state index >= 15 is 0 Å². The van der Waals surface area contributed by atoms with Crippen LogP contribution in [0.3, 0.4) is 0 Å². The van der Waals surface area contributed by atoms with Crippen molar-refractivity contribution in [2.45, 2.75) is 30.3 Å². The number of benzene rings is 3. The minimum absolute atomic E-state index is 0.00641. The van der Waals surface area contributed by atoms with Crippen molar-refractivity contribution in [1.82, 2.24) is 10.1 Å². The third-order valence-electron chi connectivity index (χ3n) is 4.79. The number of nitrogens with zero attached hydrogens (tertiary/aromatic N) is 1. The normalized spacial score (nSPS) is 13.6. The SMILES string of the molecule is O=C(NN(Cc1ccccc1)c1ccccc1)c1cccc(S(=O)(=O)NC2CC2)c1. The zero-order valence-electron chi connectivity index (χ0n) is 16.4. The second-order valence-corrected chi connectivity index (χ2v) is 8.99. The molecule has 3 aromatic rings. The molecule has 1 saturated carbocycles. The van der Waals surface area contributed by atoms with Crippen LogP contribution in [0.15, 0.2) is 89.8 Å². The van der Waals surface area contributed by atoms with Crippen molar-refractivity contribution < 1.29 is 13.2 Å². The van der Waals surface area contributed by atoms with Gasteiger partial charge < -0.3 is 0 Å². The summed E-state index contributed by atoms with van der Waals surface area (Å²) in [6.45, 7) is 0.470. The summed E-state index contributed by atoms with van der Waals surface area (Å²) in [4.78, 5) is 13.1. The Morgan fingerprint density at radius 2 is 1.57 bits per heavy atom. The van der Waals surface area contributed by atoms with Crippen molar-refractivity contribution in [1.29, 1.82) is 0 Å². The van der Waals surface area contributed by atoms with E-state index in [0.717, 1.165) is 24.1 Å². The number of amides is 1. The molecule has 7 heteroatoms. The summed E-state index contributed by atoms with van der Waals surface area (Å²) in [6, 6.07) is 25.4.